The molecule has 11 nitrogen and oxygen atoms in total. The fourth-order valence-corrected chi connectivity index (χ4v) is 10.7. The lowest BCUT2D eigenvalue weighted by molar-refractivity contribution is -0.303. The molecule has 76 heavy (non-hydrogen) atoms. The summed E-state index contributed by atoms with van der Waals surface area (Å²) >= 11 is 0. The first kappa shape index (κ1) is 72.6. The number of rotatable bonds is 57. The Kier molecular flexibility index (Phi) is 51.8. The molecule has 1 rings (SSSR count). The second-order valence-corrected chi connectivity index (χ2v) is 23.2. The zero-order valence-corrected chi connectivity index (χ0v) is 49.5. The second kappa shape index (κ2) is 54.2. The number of carbonyl (C=O) groups is 1. The normalized spacial score (nSPS) is 19.7. The average Bonchev–Trinajstić information content (AvgIpc) is 3.42. The van der Waals surface area contributed by atoms with E-state index in [4.69, 9.17) is 9.47 Å². The van der Waals surface area contributed by atoms with Crippen molar-refractivity contribution >= 4 is 5.91 Å². The van der Waals surface area contributed by atoms with Gasteiger partial charge in [0, 0.05) is 0 Å². The fraction of sp³-hybridized carbons (Fsp3) is 0.923. The Balaban J connectivity index is 2.27. The fourth-order valence-electron chi connectivity index (χ4n) is 10.7. The lowest BCUT2D eigenvalue weighted by Crippen LogP contribution is -2.60. The molecule has 450 valence electrons. The lowest BCUT2D eigenvalue weighted by atomic mass is 9.98. The van der Waals surface area contributed by atoms with E-state index in [0.29, 0.717) is 19.3 Å². The van der Waals surface area contributed by atoms with Crippen LogP contribution in [0.5, 0.6) is 0 Å². The Labute approximate surface area is 467 Å². The average molecular weight is 1080 g/mol. The third-order valence-corrected chi connectivity index (χ3v) is 16.0. The molecule has 1 aliphatic heterocycles. The van der Waals surface area contributed by atoms with Crippen LogP contribution in [0, 0.1) is 0 Å². The summed E-state index contributed by atoms with van der Waals surface area (Å²) < 4.78 is 11.2. The summed E-state index contributed by atoms with van der Waals surface area (Å²) in [6, 6.07) is -1.19. The summed E-state index contributed by atoms with van der Waals surface area (Å²) in [5.74, 6) is -0.704. The predicted molar refractivity (Wildman–Crippen MR) is 316 cm³/mol. The van der Waals surface area contributed by atoms with Crippen LogP contribution in [0.15, 0.2) is 24.3 Å². The van der Waals surface area contributed by atoms with E-state index in [-0.39, 0.29) is 12.8 Å². The highest BCUT2D eigenvalue weighted by Crippen LogP contribution is 2.24. The summed E-state index contributed by atoms with van der Waals surface area (Å²) in [6.07, 6.45) is 55.4. The van der Waals surface area contributed by atoms with Gasteiger partial charge in [0.25, 0.3) is 0 Å². The van der Waals surface area contributed by atoms with Crippen LogP contribution in [0.4, 0.5) is 0 Å². The van der Waals surface area contributed by atoms with Crippen LogP contribution in [0.1, 0.15) is 316 Å². The maximum Gasteiger partial charge on any atom is 0.249 e. The van der Waals surface area contributed by atoms with E-state index in [1.54, 1.807) is 0 Å². The Morgan fingerprint density at radius 3 is 1.17 bits per heavy atom. The maximum atomic E-state index is 13.2. The van der Waals surface area contributed by atoms with Gasteiger partial charge >= 0.3 is 0 Å². The zero-order valence-electron chi connectivity index (χ0n) is 49.5. The molecule has 11 heteroatoms. The van der Waals surface area contributed by atoms with Gasteiger partial charge in [-0.05, 0) is 51.4 Å². The Morgan fingerprint density at radius 2 is 0.789 bits per heavy atom. The highest BCUT2D eigenvalue weighted by molar-refractivity contribution is 5.80. The first-order valence-corrected chi connectivity index (χ1v) is 32.7. The Morgan fingerprint density at radius 1 is 0.447 bits per heavy atom. The molecule has 1 fully saturated rings. The summed E-state index contributed by atoms with van der Waals surface area (Å²) in [5, 5.41) is 76.3. The molecule has 0 aromatic heterocycles. The predicted octanol–water partition coefficient (Wildman–Crippen LogP) is 14.9. The van der Waals surface area contributed by atoms with Crippen molar-refractivity contribution in [3.8, 4) is 0 Å². The minimum absolute atomic E-state index is 0.249. The van der Waals surface area contributed by atoms with Gasteiger partial charge in [-0.2, -0.15) is 0 Å². The van der Waals surface area contributed by atoms with Crippen LogP contribution in [-0.4, -0.2) is 110 Å². The summed E-state index contributed by atoms with van der Waals surface area (Å²) in [6.45, 7) is 3.49. The number of nitrogens with one attached hydrogen (secondary N) is 1. The number of aliphatic hydroxyl groups excluding tert-OH is 7. The SMILES string of the molecule is CCCCCCCCCCCCCCCCCC/C=C/CC/C=C/CCCC(O)C(O)C(COC1OC(CO)C(O)C(O)C1O)NC(=O)C(O)CCCCCCCCCCCCCCCCCCCCCCCCCC. The van der Waals surface area contributed by atoms with E-state index in [1.807, 2.05) is 0 Å². The second-order valence-electron chi connectivity index (χ2n) is 23.2. The first-order valence-electron chi connectivity index (χ1n) is 32.7. The smallest absolute Gasteiger partial charge is 0.249 e. The molecular weight excluding hydrogens is 955 g/mol. The quantitative estimate of drug-likeness (QED) is 0.0215. The molecule has 0 aliphatic carbocycles. The van der Waals surface area contributed by atoms with E-state index >= 15 is 0 Å². The molecule has 0 radical (unpaired) electrons. The first-order chi connectivity index (χ1) is 37.2. The Hall–Kier alpha value is -1.41. The molecule has 0 bridgehead atoms. The van der Waals surface area contributed by atoms with Gasteiger partial charge in [-0.1, -0.05) is 289 Å². The molecule has 1 amide bonds. The highest BCUT2D eigenvalue weighted by atomic mass is 16.7. The third kappa shape index (κ3) is 41.6. The minimum Gasteiger partial charge on any atom is -0.394 e. The van der Waals surface area contributed by atoms with Gasteiger partial charge in [0.15, 0.2) is 6.29 Å². The molecule has 0 spiro atoms. The van der Waals surface area contributed by atoms with Crippen LogP contribution >= 0.6 is 0 Å². The minimum atomic E-state index is -1.67. The van der Waals surface area contributed by atoms with E-state index in [1.165, 1.54) is 231 Å². The monoisotopic (exact) mass is 1080 g/mol. The van der Waals surface area contributed by atoms with Crippen molar-refractivity contribution in [1.82, 2.24) is 5.32 Å². The topological polar surface area (TPSA) is 189 Å². The van der Waals surface area contributed by atoms with Crippen LogP contribution in [0.25, 0.3) is 0 Å². The molecule has 8 N–H and O–H groups in total. The number of amides is 1. The van der Waals surface area contributed by atoms with Gasteiger partial charge < -0.3 is 50.5 Å². The summed E-state index contributed by atoms with van der Waals surface area (Å²) in [4.78, 5) is 13.2. The van der Waals surface area contributed by atoms with Gasteiger partial charge in [-0.3, -0.25) is 4.79 Å². The molecule has 9 unspecified atom stereocenters. The number of aliphatic hydroxyl groups is 7. The Bertz CT molecular complexity index is 1280. The number of hydrogen-bond donors (Lipinski definition) is 8. The number of allylic oxidation sites excluding steroid dienone is 4. The standard InChI is InChI=1S/C65H125NO10/c1-3-5-7-9-11-13-15-17-19-21-23-25-27-29-31-32-34-36-38-40-42-44-46-48-50-52-57(68)60(70)56(55-75-65-63(73)62(72)61(71)59(54-67)76-65)66-64(74)58(69)53-51-49-47-45-43-41-39-37-35-33-30-28-26-24-22-20-18-16-14-12-10-8-6-4-2/h36,38,44,46,56-63,65,67-73H,3-35,37,39-43,45,47-55H2,1-2H3,(H,66,74)/b38-36+,46-44+. The molecule has 0 aromatic rings. The van der Waals surface area contributed by atoms with Crippen LogP contribution in [0.2, 0.25) is 0 Å². The van der Waals surface area contributed by atoms with Gasteiger partial charge in [-0.15, -0.1) is 0 Å². The molecule has 1 aliphatic rings. The lowest BCUT2D eigenvalue weighted by Gasteiger charge is -2.40. The maximum absolute atomic E-state index is 13.2. The van der Waals surface area contributed by atoms with Crippen molar-refractivity contribution in [2.45, 2.75) is 371 Å². The highest BCUT2D eigenvalue weighted by Gasteiger charge is 2.44. The molecule has 1 saturated heterocycles. The van der Waals surface area contributed by atoms with E-state index < -0.39 is 74.2 Å². The van der Waals surface area contributed by atoms with Gasteiger partial charge in [0.1, 0.15) is 36.6 Å². The molecule has 0 saturated carbocycles. The van der Waals surface area contributed by atoms with Gasteiger partial charge in [0.2, 0.25) is 5.91 Å². The summed E-state index contributed by atoms with van der Waals surface area (Å²) in [7, 11) is 0. The van der Waals surface area contributed by atoms with E-state index in [9.17, 15) is 40.5 Å². The van der Waals surface area contributed by atoms with E-state index in [0.717, 1.165) is 38.5 Å². The molecule has 0 aromatic carbocycles. The van der Waals surface area contributed by atoms with Crippen LogP contribution in [-0.2, 0) is 14.3 Å². The van der Waals surface area contributed by atoms with Crippen molar-refractivity contribution in [2.75, 3.05) is 13.2 Å². The number of carbonyl (C=O) groups excluding carboxylic acids is 1. The molecule has 9 atom stereocenters. The third-order valence-electron chi connectivity index (χ3n) is 16.0. The van der Waals surface area contributed by atoms with Crippen molar-refractivity contribution in [3.05, 3.63) is 24.3 Å². The largest absolute Gasteiger partial charge is 0.394 e. The van der Waals surface area contributed by atoms with Crippen molar-refractivity contribution < 1.29 is 50.0 Å². The zero-order chi connectivity index (χ0) is 55.4. The molecular formula is C65H125NO10. The summed E-state index contributed by atoms with van der Waals surface area (Å²) in [5.41, 5.74) is 0. The van der Waals surface area contributed by atoms with Crippen LogP contribution < -0.4 is 5.32 Å². The van der Waals surface area contributed by atoms with Crippen molar-refractivity contribution in [1.29, 1.82) is 0 Å². The van der Waals surface area contributed by atoms with Crippen molar-refractivity contribution in [2.24, 2.45) is 0 Å². The number of ether oxygens (including phenoxy) is 2. The van der Waals surface area contributed by atoms with Crippen molar-refractivity contribution in [3.63, 3.8) is 0 Å². The number of hydrogen-bond acceptors (Lipinski definition) is 10. The van der Waals surface area contributed by atoms with Gasteiger partial charge in [0.05, 0.1) is 25.4 Å². The molecule has 1 heterocycles. The van der Waals surface area contributed by atoms with E-state index in [2.05, 4.69) is 43.5 Å². The van der Waals surface area contributed by atoms with Crippen LogP contribution in [0.3, 0.4) is 0 Å². The van der Waals surface area contributed by atoms with Gasteiger partial charge in [-0.25, -0.2) is 0 Å². The number of unbranched alkanes of at least 4 members (excludes halogenated alkanes) is 41.